The summed E-state index contributed by atoms with van der Waals surface area (Å²) in [6, 6.07) is 15.1. The van der Waals surface area contributed by atoms with Gasteiger partial charge in [0.05, 0.1) is 5.52 Å². The van der Waals surface area contributed by atoms with Crippen LogP contribution in [0.2, 0.25) is 12.6 Å². The molecule has 1 aromatic heterocycles. The van der Waals surface area contributed by atoms with Crippen molar-refractivity contribution in [1.29, 1.82) is 0 Å². The molecule has 0 unspecified atom stereocenters. The fourth-order valence-corrected chi connectivity index (χ4v) is 4.73. The molecule has 152 valence electrons. The first-order valence-electron chi connectivity index (χ1n) is 9.89. The van der Waals surface area contributed by atoms with Gasteiger partial charge in [-0.1, -0.05) is 29.8 Å². The Kier molecular flexibility index (Phi) is 8.23. The monoisotopic (exact) mass is 490 g/mol. The Morgan fingerprint density at radius 2 is 2.00 bits per heavy atom. The van der Waals surface area contributed by atoms with Crippen molar-refractivity contribution in [2.24, 2.45) is 0 Å². The van der Waals surface area contributed by atoms with E-state index in [9.17, 15) is 0 Å². The molecule has 1 saturated heterocycles. The van der Waals surface area contributed by atoms with Gasteiger partial charge in [-0.15, -0.1) is 18.3 Å². The third-order valence-electron chi connectivity index (χ3n) is 5.45. The van der Waals surface area contributed by atoms with Crippen molar-refractivity contribution in [2.75, 3.05) is 29.1 Å². The first-order chi connectivity index (χ1) is 13.8. The van der Waals surface area contributed by atoms with Gasteiger partial charge in [-0.25, -0.2) is 17.6 Å². The molecule has 2 aliphatic rings. The van der Waals surface area contributed by atoms with Crippen LogP contribution in [-0.4, -0.2) is 36.1 Å². The molecule has 0 atom stereocenters. The second-order valence-electron chi connectivity index (χ2n) is 7.57. The summed E-state index contributed by atoms with van der Waals surface area (Å²) in [7, 11) is 2.32. The first-order valence-corrected chi connectivity index (χ1v) is 10.9. The van der Waals surface area contributed by atoms with Crippen LogP contribution in [0.1, 0.15) is 11.1 Å². The molecule has 4 nitrogen and oxygen atoms in total. The molecule has 0 amide bonds. The number of hydrogen-bond acceptors (Lipinski definition) is 5. The van der Waals surface area contributed by atoms with Gasteiger partial charge in [-0.05, 0) is 30.7 Å². The predicted octanol–water partition coefficient (Wildman–Crippen LogP) is 5.04. The number of hydrogen-bond donors (Lipinski definition) is 1. The number of benzene rings is 2. The van der Waals surface area contributed by atoms with Crippen LogP contribution in [-0.2, 0) is 39.3 Å². The van der Waals surface area contributed by atoms with E-state index >= 15 is 0 Å². The number of rotatable bonds is 4. The summed E-state index contributed by atoms with van der Waals surface area (Å²) in [5.41, 5.74) is 3.60. The molecule has 1 N–H and O–H groups in total. The fraction of sp³-hybridized carbons (Fsp3) is 0.304. The number of aromatic nitrogens is 2. The molecule has 3 heterocycles. The molecule has 2 radical (unpaired) electrons. The third kappa shape index (κ3) is 5.03. The van der Waals surface area contributed by atoms with Crippen LogP contribution in [0, 0.1) is 20.3 Å². The number of thioether (sulfide) groups is 1. The largest absolute Gasteiger partial charge is 0.399 e. The van der Waals surface area contributed by atoms with E-state index < -0.39 is 0 Å². The van der Waals surface area contributed by atoms with E-state index in [2.05, 4.69) is 66.9 Å². The maximum Gasteiger partial charge on any atom is 0.228 e. The maximum atomic E-state index is 4.98. The summed E-state index contributed by atoms with van der Waals surface area (Å²) in [5, 5.41) is 4.70. The summed E-state index contributed by atoms with van der Waals surface area (Å²) in [6.07, 6.45) is 2.25. The van der Waals surface area contributed by atoms with E-state index in [-0.39, 0.29) is 40.1 Å². The van der Waals surface area contributed by atoms with Crippen molar-refractivity contribution in [1.82, 2.24) is 9.97 Å². The van der Waals surface area contributed by atoms with E-state index in [1.807, 2.05) is 11.8 Å². The predicted molar refractivity (Wildman–Crippen MR) is 126 cm³/mol. The van der Waals surface area contributed by atoms with Crippen molar-refractivity contribution in [3.63, 3.8) is 0 Å². The molecular weight excluding hydrogens is 464 g/mol. The van der Waals surface area contributed by atoms with E-state index in [0.29, 0.717) is 0 Å². The zero-order valence-corrected chi connectivity index (χ0v) is 21.3. The van der Waals surface area contributed by atoms with Gasteiger partial charge in [-0.3, -0.25) is 0 Å². The number of anilines is 2. The van der Waals surface area contributed by atoms with E-state index in [1.165, 1.54) is 16.0 Å². The number of nitrogens with one attached hydrogen (secondary N) is 1. The van der Waals surface area contributed by atoms with Crippen molar-refractivity contribution >= 4 is 41.7 Å². The molecule has 3 aromatic rings. The van der Waals surface area contributed by atoms with Gasteiger partial charge in [0.25, 0.3) is 0 Å². The van der Waals surface area contributed by atoms with Gasteiger partial charge >= 0.3 is 0 Å². The van der Waals surface area contributed by atoms with Gasteiger partial charge in [0.1, 0.15) is 5.82 Å². The topological polar surface area (TPSA) is 41.1 Å². The van der Waals surface area contributed by atoms with Crippen LogP contribution in [0.15, 0.2) is 47.4 Å². The summed E-state index contributed by atoms with van der Waals surface area (Å²) < 4.78 is 0. The van der Waals surface area contributed by atoms with Gasteiger partial charge in [0.15, 0.2) is 0 Å². The summed E-state index contributed by atoms with van der Waals surface area (Å²) in [5.74, 6) is 4.36. The molecule has 5 rings (SSSR count). The zero-order chi connectivity index (χ0) is 18.9. The molecule has 7 heteroatoms. The molecule has 0 bridgehead atoms. The molecule has 0 aliphatic carbocycles. The Morgan fingerprint density at radius 1 is 1.17 bits per heavy atom. The van der Waals surface area contributed by atoms with Crippen LogP contribution < -0.4 is 10.2 Å². The van der Waals surface area contributed by atoms with Crippen molar-refractivity contribution < 1.29 is 32.7 Å². The Hall–Kier alpha value is -1.10. The van der Waals surface area contributed by atoms with Crippen molar-refractivity contribution in [3.8, 4) is 0 Å². The molecule has 30 heavy (non-hydrogen) atoms. The van der Waals surface area contributed by atoms with Crippen LogP contribution >= 0.6 is 11.8 Å². The van der Waals surface area contributed by atoms with Crippen LogP contribution in [0.4, 0.5) is 11.8 Å². The second kappa shape index (κ2) is 10.5. The Bertz CT molecular complexity index is 1010. The number of nitrogens with zero attached hydrogens (tertiary/aromatic N) is 3. The second-order valence-corrected chi connectivity index (χ2v) is 8.71. The first kappa shape index (κ1) is 23.6. The van der Waals surface area contributed by atoms with Crippen molar-refractivity contribution in [3.05, 3.63) is 66.9 Å². The zero-order valence-electron chi connectivity index (χ0n) is 17.7. The minimum Gasteiger partial charge on any atom is -0.399 e. The quantitative estimate of drug-likeness (QED) is 0.410. The average molecular weight is 490 g/mol. The summed E-state index contributed by atoms with van der Waals surface area (Å²) >= 11 is 1.92. The minimum atomic E-state index is 0. The standard InChI is InChI=1S/C22H23BN4S.CH3.Y/c1-15-6-7-19-18(10-15)21(24-13-16-11-23-12-16)26-22(25-19)27-8-9-28-20-5-3-2-4-17(20)14-27;;/h2-7,10H,8-9,11-14H2,1H3,(H,24,25,26);1H3;/q2*-1;. The van der Waals surface area contributed by atoms with Crippen LogP contribution in [0.3, 0.4) is 0 Å². The molecule has 2 aliphatic heterocycles. The summed E-state index contributed by atoms with van der Waals surface area (Å²) in [6.45, 7) is 4.82. The Labute approximate surface area is 210 Å². The summed E-state index contributed by atoms with van der Waals surface area (Å²) in [4.78, 5) is 13.6. The van der Waals surface area contributed by atoms with Crippen LogP contribution in [0.25, 0.3) is 10.9 Å². The van der Waals surface area contributed by atoms with Crippen molar-refractivity contribution in [2.45, 2.75) is 31.0 Å². The number of fused-ring (bicyclic) bond motifs is 2. The third-order valence-corrected chi connectivity index (χ3v) is 6.54. The fourth-order valence-electron chi connectivity index (χ4n) is 3.70. The van der Waals surface area contributed by atoms with Gasteiger partial charge in [-0.2, -0.15) is 4.98 Å². The molecule has 0 saturated carbocycles. The Balaban J connectivity index is 0.00000128. The SMILES string of the molecule is Cc1ccc2nc(N3CCSc4ccccc4C3)nc(NC[C-]3C[B]C3)c2c1.[CH3-].[Y]. The number of aryl methyl sites for hydroxylation is 1. The minimum absolute atomic E-state index is 0. The maximum absolute atomic E-state index is 4.98. The molecule has 0 spiro atoms. The average Bonchev–Trinajstić information content (AvgIpc) is 2.89. The normalized spacial score (nSPS) is 15.7. The smallest absolute Gasteiger partial charge is 0.228 e. The van der Waals surface area contributed by atoms with E-state index in [0.717, 1.165) is 60.7 Å². The molecule has 1 fully saturated rings. The van der Waals surface area contributed by atoms with Gasteiger partial charge < -0.3 is 23.6 Å². The van der Waals surface area contributed by atoms with E-state index in [4.69, 9.17) is 9.97 Å². The molecule has 2 aromatic carbocycles. The van der Waals surface area contributed by atoms with Gasteiger partial charge in [0, 0.05) is 69.1 Å². The van der Waals surface area contributed by atoms with Gasteiger partial charge in [0.2, 0.25) is 5.95 Å². The molecular formula is C23H26BN4SY-2. The van der Waals surface area contributed by atoms with Crippen LogP contribution in [0.5, 0.6) is 0 Å². The van der Waals surface area contributed by atoms with E-state index in [1.54, 1.807) is 5.92 Å². The Morgan fingerprint density at radius 3 is 2.80 bits per heavy atom.